The third kappa shape index (κ3) is 5.05. The number of carbonyl (C=O) groups is 2. The van der Waals surface area contributed by atoms with Gasteiger partial charge in [0.15, 0.2) is 6.61 Å². The number of thiazole rings is 1. The fourth-order valence-corrected chi connectivity index (χ4v) is 6.27. The van der Waals surface area contributed by atoms with Crippen molar-refractivity contribution in [3.8, 4) is 0 Å². The molecule has 1 aliphatic heterocycles. The normalized spacial score (nSPS) is 15.7. The molecule has 0 radical (unpaired) electrons. The zero-order chi connectivity index (χ0) is 22.6. The summed E-state index contributed by atoms with van der Waals surface area (Å²) in [6, 6.07) is 15.8. The van der Waals surface area contributed by atoms with E-state index in [1.807, 2.05) is 59.3 Å². The van der Waals surface area contributed by atoms with Crippen molar-refractivity contribution in [2.45, 2.75) is 31.7 Å². The average molecular weight is 496 g/mol. The fourth-order valence-electron chi connectivity index (χ4n) is 3.73. The van der Waals surface area contributed by atoms with Gasteiger partial charge in [-0.15, -0.1) is 34.0 Å². The summed E-state index contributed by atoms with van der Waals surface area (Å²) in [4.78, 5) is 31.9. The first-order valence-corrected chi connectivity index (χ1v) is 13.2. The van der Waals surface area contributed by atoms with Gasteiger partial charge < -0.3 is 4.74 Å². The van der Waals surface area contributed by atoms with E-state index in [9.17, 15) is 9.59 Å². The van der Waals surface area contributed by atoms with E-state index in [2.05, 4.69) is 10.1 Å². The lowest BCUT2D eigenvalue weighted by Crippen LogP contribution is -2.31. The smallest absolute Gasteiger partial charge is 0.306 e. The number of aromatic nitrogens is 1. The maximum Gasteiger partial charge on any atom is 0.306 e. The Morgan fingerprint density at radius 2 is 1.91 bits per heavy atom. The van der Waals surface area contributed by atoms with Crippen molar-refractivity contribution in [2.24, 2.45) is 5.10 Å². The van der Waals surface area contributed by atoms with Crippen LogP contribution in [0.5, 0.6) is 0 Å². The predicted octanol–water partition coefficient (Wildman–Crippen LogP) is 5.66. The number of nitrogens with zero attached hydrogens (tertiary/aromatic N) is 3. The number of hydrogen-bond donors (Lipinski definition) is 0. The van der Waals surface area contributed by atoms with Crippen LogP contribution in [-0.2, 0) is 20.7 Å². The van der Waals surface area contributed by atoms with Crippen LogP contribution in [0.4, 0.5) is 0 Å². The molecule has 1 aromatic carbocycles. The first kappa shape index (κ1) is 21.9. The maximum absolute atomic E-state index is 12.9. The molecule has 33 heavy (non-hydrogen) atoms. The summed E-state index contributed by atoms with van der Waals surface area (Å²) >= 11 is 4.85. The molecule has 3 aromatic heterocycles. The van der Waals surface area contributed by atoms with Crippen molar-refractivity contribution >= 4 is 61.8 Å². The van der Waals surface area contributed by atoms with Crippen LogP contribution in [0.1, 0.15) is 40.1 Å². The zero-order valence-corrected chi connectivity index (χ0v) is 20.1. The van der Waals surface area contributed by atoms with Gasteiger partial charge in [-0.2, -0.15) is 5.10 Å². The third-order valence-corrected chi connectivity index (χ3v) is 8.30. The summed E-state index contributed by atoms with van der Waals surface area (Å²) < 4.78 is 6.44. The number of aryl methyl sites for hydroxylation is 1. The molecule has 0 saturated heterocycles. The second-order valence-corrected chi connectivity index (χ2v) is 10.6. The molecule has 0 saturated carbocycles. The lowest BCUT2D eigenvalue weighted by Gasteiger charge is -2.20. The fraction of sp³-hybridized carbons (Fsp3) is 0.250. The molecule has 0 fully saturated rings. The van der Waals surface area contributed by atoms with Gasteiger partial charge in [0.1, 0.15) is 0 Å². The molecule has 0 aliphatic carbocycles. The van der Waals surface area contributed by atoms with Crippen LogP contribution in [0.2, 0.25) is 0 Å². The molecule has 6 nitrogen and oxygen atoms in total. The summed E-state index contributed by atoms with van der Waals surface area (Å²) in [5.41, 5.74) is 1.87. The molecular weight excluding hydrogens is 474 g/mol. The van der Waals surface area contributed by atoms with Crippen LogP contribution in [0.3, 0.4) is 0 Å². The van der Waals surface area contributed by atoms with Crippen LogP contribution in [-0.4, -0.2) is 34.2 Å². The Morgan fingerprint density at radius 1 is 1.06 bits per heavy atom. The number of amides is 1. The Balaban J connectivity index is 1.15. The summed E-state index contributed by atoms with van der Waals surface area (Å²) in [7, 11) is 0. The Hall–Kier alpha value is -2.88. The molecule has 4 aromatic rings. The number of hydrogen-bond acceptors (Lipinski definition) is 8. The van der Waals surface area contributed by atoms with E-state index in [0.717, 1.165) is 30.7 Å². The minimum atomic E-state index is -0.376. The minimum absolute atomic E-state index is 0.160. The van der Waals surface area contributed by atoms with E-state index in [0.29, 0.717) is 19.3 Å². The monoisotopic (exact) mass is 495 g/mol. The zero-order valence-electron chi connectivity index (χ0n) is 17.7. The summed E-state index contributed by atoms with van der Waals surface area (Å²) in [6.45, 7) is -0.303. The molecule has 0 N–H and O–H groups in total. The predicted molar refractivity (Wildman–Crippen MR) is 133 cm³/mol. The van der Waals surface area contributed by atoms with Gasteiger partial charge in [-0.1, -0.05) is 24.3 Å². The van der Waals surface area contributed by atoms with Gasteiger partial charge in [0.25, 0.3) is 5.91 Å². The maximum atomic E-state index is 12.9. The van der Waals surface area contributed by atoms with Crippen LogP contribution < -0.4 is 0 Å². The van der Waals surface area contributed by atoms with Gasteiger partial charge in [-0.25, -0.2) is 9.99 Å². The topological polar surface area (TPSA) is 71.9 Å². The van der Waals surface area contributed by atoms with Crippen LogP contribution in [0, 0.1) is 0 Å². The molecule has 1 unspecified atom stereocenters. The molecule has 4 heterocycles. The largest absolute Gasteiger partial charge is 0.455 e. The van der Waals surface area contributed by atoms with E-state index >= 15 is 0 Å². The second kappa shape index (κ2) is 9.94. The molecule has 1 aliphatic rings. The molecule has 168 valence electrons. The molecule has 0 spiro atoms. The van der Waals surface area contributed by atoms with Crippen LogP contribution in [0.25, 0.3) is 10.2 Å². The van der Waals surface area contributed by atoms with Crippen molar-refractivity contribution in [3.63, 3.8) is 0 Å². The Labute approximate surface area is 203 Å². The number of carbonyl (C=O) groups excluding carboxylic acids is 2. The Kier molecular flexibility index (Phi) is 6.61. The van der Waals surface area contributed by atoms with Crippen LogP contribution >= 0.6 is 34.0 Å². The lowest BCUT2D eigenvalue weighted by molar-refractivity contribution is -0.152. The van der Waals surface area contributed by atoms with Crippen molar-refractivity contribution in [2.75, 3.05) is 6.61 Å². The minimum Gasteiger partial charge on any atom is -0.455 e. The molecule has 9 heteroatoms. The molecule has 1 amide bonds. The van der Waals surface area contributed by atoms with E-state index in [-0.39, 0.29) is 30.9 Å². The van der Waals surface area contributed by atoms with Gasteiger partial charge in [0, 0.05) is 17.7 Å². The van der Waals surface area contributed by atoms with Gasteiger partial charge in [-0.3, -0.25) is 9.59 Å². The van der Waals surface area contributed by atoms with Gasteiger partial charge >= 0.3 is 5.97 Å². The summed E-state index contributed by atoms with van der Waals surface area (Å²) in [5, 5.41) is 11.1. The van der Waals surface area contributed by atoms with E-state index in [4.69, 9.17) is 4.74 Å². The summed E-state index contributed by atoms with van der Waals surface area (Å²) in [5.74, 6) is -0.682. The van der Waals surface area contributed by atoms with Crippen molar-refractivity contribution in [3.05, 3.63) is 74.1 Å². The lowest BCUT2D eigenvalue weighted by atomic mass is 10.1. The first-order valence-electron chi connectivity index (χ1n) is 10.6. The molecule has 0 bridgehead atoms. The average Bonchev–Trinajstić information content (AvgIpc) is 3.62. The Morgan fingerprint density at radius 3 is 2.70 bits per heavy atom. The third-order valence-electron chi connectivity index (χ3n) is 5.31. The van der Waals surface area contributed by atoms with E-state index in [1.165, 1.54) is 5.01 Å². The van der Waals surface area contributed by atoms with Crippen LogP contribution in [0.15, 0.2) is 64.4 Å². The highest BCUT2D eigenvalue weighted by Crippen LogP contribution is 2.36. The number of rotatable bonds is 8. The number of para-hydroxylation sites is 1. The summed E-state index contributed by atoms with van der Waals surface area (Å²) in [6.07, 6.45) is 2.25. The first-order chi connectivity index (χ1) is 16.2. The van der Waals surface area contributed by atoms with E-state index in [1.54, 1.807) is 34.0 Å². The molecule has 1 atom stereocenters. The van der Waals surface area contributed by atoms with Gasteiger partial charge in [0.2, 0.25) is 0 Å². The van der Waals surface area contributed by atoms with Crippen molar-refractivity contribution in [1.82, 2.24) is 9.99 Å². The standard InChI is InChI=1S/C24H21N3O3S3/c28-23(15-30-24(29)11-3-10-22-25-16-6-1-2-7-20(16)33-22)27-18(21-9-5-13-32-21)14-17(26-27)19-8-4-12-31-19/h1-2,4-9,12-13,18H,3,10-11,14-15H2. The number of benzene rings is 1. The molecule has 5 rings (SSSR count). The van der Waals surface area contributed by atoms with Gasteiger partial charge in [-0.05, 0) is 47.9 Å². The molecular formula is C24H21N3O3S3. The SMILES string of the molecule is O=C(CCCc1nc2ccccc2s1)OCC(=O)N1N=C(c2cccs2)CC1c1cccs1. The number of fused-ring (bicyclic) bond motifs is 1. The quantitative estimate of drug-likeness (QED) is 0.296. The highest BCUT2D eigenvalue weighted by Gasteiger charge is 2.34. The number of hydrazone groups is 1. The number of thiophene rings is 2. The second-order valence-electron chi connectivity index (χ2n) is 7.59. The highest BCUT2D eigenvalue weighted by molar-refractivity contribution is 7.18. The van der Waals surface area contributed by atoms with Gasteiger partial charge in [0.05, 0.1) is 31.9 Å². The number of ether oxygens (including phenoxy) is 1. The van der Waals surface area contributed by atoms with Crippen molar-refractivity contribution in [1.29, 1.82) is 0 Å². The highest BCUT2D eigenvalue weighted by atomic mass is 32.1. The van der Waals surface area contributed by atoms with E-state index < -0.39 is 0 Å². The van der Waals surface area contributed by atoms with Crippen molar-refractivity contribution < 1.29 is 14.3 Å². The Bertz CT molecular complexity index is 1250. The number of esters is 1.